The van der Waals surface area contributed by atoms with Crippen LogP contribution in [0.5, 0.6) is 0 Å². The number of aliphatic imine (C=N–C) groups is 1. The summed E-state index contributed by atoms with van der Waals surface area (Å²) < 4.78 is 10.7. The number of hydrogen-bond donors (Lipinski definition) is 0. The van der Waals surface area contributed by atoms with E-state index in [0.29, 0.717) is 6.79 Å². The van der Waals surface area contributed by atoms with Gasteiger partial charge in [-0.25, -0.2) is 0 Å². The van der Waals surface area contributed by atoms with E-state index in [-0.39, 0.29) is 12.3 Å². The summed E-state index contributed by atoms with van der Waals surface area (Å²) in [6.45, 7) is 0.348. The van der Waals surface area contributed by atoms with Crippen LogP contribution in [-0.4, -0.2) is 19.2 Å². The first kappa shape index (κ1) is 7.24. The first-order valence-corrected chi connectivity index (χ1v) is 4.30. The summed E-state index contributed by atoms with van der Waals surface area (Å²) in [6, 6.07) is 8.11. The van der Waals surface area contributed by atoms with Crippen molar-refractivity contribution in [3.63, 3.8) is 0 Å². The molecule has 2 aliphatic rings. The molecular weight excluding hydrogens is 166 g/mol. The zero-order chi connectivity index (χ0) is 8.67. The van der Waals surface area contributed by atoms with Crippen molar-refractivity contribution in [3.8, 4) is 0 Å². The quantitative estimate of drug-likeness (QED) is 0.598. The van der Waals surface area contributed by atoms with Gasteiger partial charge in [0, 0.05) is 6.21 Å². The average molecular weight is 175 g/mol. The summed E-state index contributed by atoms with van der Waals surface area (Å²) in [5, 5.41) is 0. The molecule has 66 valence electrons. The van der Waals surface area contributed by atoms with Gasteiger partial charge in [-0.3, -0.25) is 4.99 Å². The van der Waals surface area contributed by atoms with E-state index in [1.807, 2.05) is 24.4 Å². The molecule has 1 aromatic rings. The molecular formula is C10H9NO2. The second-order valence-electron chi connectivity index (χ2n) is 3.17. The Morgan fingerprint density at radius 3 is 3.15 bits per heavy atom. The normalized spacial score (nSPS) is 29.8. The molecule has 0 spiro atoms. The molecule has 0 bridgehead atoms. The van der Waals surface area contributed by atoms with Crippen LogP contribution in [0.4, 0.5) is 0 Å². The van der Waals surface area contributed by atoms with Gasteiger partial charge in [0.2, 0.25) is 0 Å². The minimum absolute atomic E-state index is 0.00111. The van der Waals surface area contributed by atoms with E-state index in [2.05, 4.69) is 11.1 Å². The van der Waals surface area contributed by atoms with Crippen molar-refractivity contribution >= 4 is 6.21 Å². The van der Waals surface area contributed by atoms with E-state index >= 15 is 0 Å². The third-order valence-corrected chi connectivity index (χ3v) is 2.41. The molecule has 0 N–H and O–H groups in total. The smallest absolute Gasteiger partial charge is 0.181 e. The van der Waals surface area contributed by atoms with E-state index in [9.17, 15) is 0 Å². The molecule has 1 aromatic carbocycles. The molecule has 2 heterocycles. The molecule has 0 radical (unpaired) electrons. The minimum Gasteiger partial charge on any atom is -0.343 e. The van der Waals surface area contributed by atoms with Gasteiger partial charge in [-0.2, -0.15) is 0 Å². The van der Waals surface area contributed by atoms with Gasteiger partial charge < -0.3 is 9.47 Å². The Hall–Kier alpha value is -1.19. The van der Waals surface area contributed by atoms with Crippen molar-refractivity contribution in [2.45, 2.75) is 12.3 Å². The largest absolute Gasteiger partial charge is 0.343 e. The van der Waals surface area contributed by atoms with Gasteiger partial charge in [-0.05, 0) is 11.1 Å². The van der Waals surface area contributed by atoms with Gasteiger partial charge in [-0.1, -0.05) is 24.3 Å². The Morgan fingerprint density at radius 2 is 2.15 bits per heavy atom. The molecule has 0 saturated carbocycles. The molecule has 1 saturated heterocycles. The Kier molecular flexibility index (Phi) is 1.48. The lowest BCUT2D eigenvalue weighted by Gasteiger charge is -2.19. The molecule has 3 heteroatoms. The van der Waals surface area contributed by atoms with Crippen molar-refractivity contribution in [1.29, 1.82) is 0 Å². The van der Waals surface area contributed by atoms with Crippen LogP contribution in [0.3, 0.4) is 0 Å². The van der Waals surface area contributed by atoms with E-state index in [1.165, 1.54) is 5.56 Å². The van der Waals surface area contributed by atoms with Crippen LogP contribution in [0.25, 0.3) is 0 Å². The summed E-state index contributed by atoms with van der Waals surface area (Å²) in [4.78, 5) is 4.26. The fraction of sp³-hybridized carbons (Fsp3) is 0.300. The van der Waals surface area contributed by atoms with E-state index in [1.54, 1.807) is 0 Å². The predicted molar refractivity (Wildman–Crippen MR) is 47.6 cm³/mol. The van der Waals surface area contributed by atoms with Crippen LogP contribution in [0.1, 0.15) is 17.2 Å². The van der Waals surface area contributed by atoms with Crippen LogP contribution in [0.2, 0.25) is 0 Å². The first-order valence-electron chi connectivity index (χ1n) is 4.30. The van der Waals surface area contributed by atoms with E-state index in [4.69, 9.17) is 9.47 Å². The van der Waals surface area contributed by atoms with Crippen molar-refractivity contribution < 1.29 is 9.47 Å². The van der Waals surface area contributed by atoms with Crippen molar-refractivity contribution in [2.24, 2.45) is 4.99 Å². The number of hydrogen-bond acceptors (Lipinski definition) is 3. The van der Waals surface area contributed by atoms with Crippen molar-refractivity contribution in [3.05, 3.63) is 35.4 Å². The highest BCUT2D eigenvalue weighted by Gasteiger charge is 2.33. The van der Waals surface area contributed by atoms with E-state index < -0.39 is 0 Å². The molecule has 3 rings (SSSR count). The molecule has 0 aromatic heterocycles. The highest BCUT2D eigenvalue weighted by molar-refractivity contribution is 5.83. The summed E-state index contributed by atoms with van der Waals surface area (Å²) >= 11 is 0. The summed E-state index contributed by atoms with van der Waals surface area (Å²) in [5.74, 6) is 0. The van der Waals surface area contributed by atoms with Crippen LogP contribution in [0, 0.1) is 0 Å². The third kappa shape index (κ3) is 1.01. The van der Waals surface area contributed by atoms with Crippen molar-refractivity contribution in [2.75, 3.05) is 6.79 Å². The lowest BCUT2D eigenvalue weighted by Crippen LogP contribution is -2.18. The molecule has 3 nitrogen and oxygen atoms in total. The van der Waals surface area contributed by atoms with Crippen molar-refractivity contribution in [1.82, 2.24) is 0 Å². The van der Waals surface area contributed by atoms with Gasteiger partial charge in [0.05, 0.1) is 0 Å². The number of rotatable bonds is 0. The SMILES string of the molecule is C1=NC2OCOC2c2ccccc21. The maximum absolute atomic E-state index is 5.45. The van der Waals surface area contributed by atoms with Gasteiger partial charge in [-0.15, -0.1) is 0 Å². The number of nitrogens with zero attached hydrogens (tertiary/aromatic N) is 1. The fourth-order valence-electron chi connectivity index (χ4n) is 1.76. The highest BCUT2D eigenvalue weighted by atomic mass is 16.7. The monoisotopic (exact) mass is 175 g/mol. The minimum atomic E-state index is -0.130. The molecule has 2 unspecified atom stereocenters. The second-order valence-corrected chi connectivity index (χ2v) is 3.17. The Labute approximate surface area is 76.0 Å². The van der Waals surface area contributed by atoms with E-state index in [0.717, 1.165) is 5.56 Å². The standard InChI is InChI=1S/C10H9NO2/c1-2-4-8-7(3-1)5-11-10-9(8)12-6-13-10/h1-5,9-10H,6H2. The summed E-state index contributed by atoms with van der Waals surface area (Å²) in [6.07, 6.45) is 1.72. The molecule has 0 aliphatic carbocycles. The van der Waals surface area contributed by atoms with Crippen LogP contribution < -0.4 is 0 Å². The zero-order valence-electron chi connectivity index (χ0n) is 7.01. The molecule has 13 heavy (non-hydrogen) atoms. The Morgan fingerprint density at radius 1 is 1.23 bits per heavy atom. The molecule has 2 aliphatic heterocycles. The summed E-state index contributed by atoms with van der Waals surface area (Å²) in [5.41, 5.74) is 2.31. The zero-order valence-corrected chi connectivity index (χ0v) is 7.01. The lowest BCUT2D eigenvalue weighted by molar-refractivity contribution is 0.0399. The van der Waals surface area contributed by atoms with Gasteiger partial charge in [0.25, 0.3) is 0 Å². The molecule has 1 fully saturated rings. The van der Waals surface area contributed by atoms with Gasteiger partial charge >= 0.3 is 0 Å². The van der Waals surface area contributed by atoms with Crippen LogP contribution in [0.15, 0.2) is 29.3 Å². The summed E-state index contributed by atoms with van der Waals surface area (Å²) in [7, 11) is 0. The number of fused-ring (bicyclic) bond motifs is 3. The Bertz CT molecular complexity index is 362. The third-order valence-electron chi connectivity index (χ3n) is 2.41. The van der Waals surface area contributed by atoms with Gasteiger partial charge in [0.15, 0.2) is 13.0 Å². The van der Waals surface area contributed by atoms with Crippen LogP contribution >= 0.6 is 0 Å². The highest BCUT2D eigenvalue weighted by Crippen LogP contribution is 2.33. The topological polar surface area (TPSA) is 30.8 Å². The van der Waals surface area contributed by atoms with Crippen LogP contribution in [-0.2, 0) is 9.47 Å². The first-order chi connectivity index (χ1) is 6.45. The Balaban J connectivity index is 2.13. The number of benzene rings is 1. The fourth-order valence-corrected chi connectivity index (χ4v) is 1.76. The molecule has 0 amide bonds. The maximum atomic E-state index is 5.45. The molecule has 2 atom stereocenters. The second kappa shape index (κ2) is 2.65. The lowest BCUT2D eigenvalue weighted by atomic mass is 10.00. The van der Waals surface area contributed by atoms with Gasteiger partial charge in [0.1, 0.15) is 6.10 Å². The maximum Gasteiger partial charge on any atom is 0.181 e. The average Bonchev–Trinajstić information content (AvgIpc) is 2.65. The predicted octanol–water partition coefficient (Wildman–Crippen LogP) is 1.49. The number of ether oxygens (including phenoxy) is 2.